The molecule has 0 aliphatic rings. The van der Waals surface area contributed by atoms with Crippen LogP contribution in [0.2, 0.25) is 24.7 Å². The van der Waals surface area contributed by atoms with Crippen molar-refractivity contribution in [2.45, 2.75) is 52.4 Å². The molecule has 0 saturated heterocycles. The van der Waals surface area contributed by atoms with Crippen LogP contribution in [0.25, 0.3) is 0 Å². The fourth-order valence-corrected chi connectivity index (χ4v) is 18.5. The number of benzene rings is 3. The van der Waals surface area contributed by atoms with Gasteiger partial charge in [-0.15, -0.1) is 0 Å². The van der Waals surface area contributed by atoms with Crippen molar-refractivity contribution in [3.05, 3.63) is 91.0 Å². The van der Waals surface area contributed by atoms with Gasteiger partial charge in [0.1, 0.15) is 0 Å². The number of hydrogen-bond donors (Lipinski definition) is 0. The van der Waals surface area contributed by atoms with Gasteiger partial charge in [-0.1, -0.05) is 97.9 Å². The van der Waals surface area contributed by atoms with Crippen molar-refractivity contribution in [1.82, 2.24) is 0 Å². The highest BCUT2D eigenvalue weighted by Gasteiger charge is 2.51. The fourth-order valence-electron chi connectivity index (χ4n) is 4.77. The highest BCUT2D eigenvalue weighted by molar-refractivity contribution is 7.10. The summed E-state index contributed by atoms with van der Waals surface area (Å²) in [5, 5.41) is 3.79. The summed E-state index contributed by atoms with van der Waals surface area (Å²) in [7, 11) is -7.94. The lowest BCUT2D eigenvalue weighted by atomic mass is 10.3. The summed E-state index contributed by atoms with van der Waals surface area (Å²) >= 11 is 0. The first-order chi connectivity index (χ1) is 17.3. The van der Waals surface area contributed by atoms with Crippen LogP contribution in [0.1, 0.15) is 27.7 Å². The van der Waals surface area contributed by atoms with Crippen LogP contribution in [0.5, 0.6) is 0 Å². The predicted molar refractivity (Wildman–Crippen MR) is 157 cm³/mol. The van der Waals surface area contributed by atoms with Crippen LogP contribution in [0, 0.1) is 0 Å². The Bertz CT molecular complexity index is 918. The van der Waals surface area contributed by atoms with Gasteiger partial charge >= 0.3 is 8.80 Å². The molecule has 0 spiro atoms. The van der Waals surface area contributed by atoms with Gasteiger partial charge < -0.3 is 17.4 Å². The van der Waals surface area contributed by atoms with Gasteiger partial charge in [-0.05, 0) is 55.0 Å². The summed E-state index contributed by atoms with van der Waals surface area (Å²) < 4.78 is 26.4. The predicted octanol–water partition coefficient (Wildman–Crippen LogP) is 5.31. The normalized spacial score (nSPS) is 13.5. The van der Waals surface area contributed by atoms with Crippen molar-refractivity contribution in [2.75, 3.05) is 19.8 Å². The Labute approximate surface area is 221 Å². The lowest BCUT2D eigenvalue weighted by molar-refractivity contribution is 0.0707. The van der Waals surface area contributed by atoms with E-state index >= 15 is 0 Å². The Morgan fingerprint density at radius 3 is 1.22 bits per heavy atom. The first-order valence-electron chi connectivity index (χ1n) is 13.1. The molecule has 36 heavy (non-hydrogen) atoms. The van der Waals surface area contributed by atoms with Gasteiger partial charge in [-0.3, -0.25) is 0 Å². The van der Waals surface area contributed by atoms with Crippen LogP contribution in [0.15, 0.2) is 91.0 Å². The molecule has 0 amide bonds. The summed E-state index contributed by atoms with van der Waals surface area (Å²) in [5.74, 6) is 0. The Balaban J connectivity index is 2.12. The van der Waals surface area contributed by atoms with Gasteiger partial charge in [0.05, 0.1) is 0 Å². The van der Waals surface area contributed by atoms with Crippen LogP contribution < -0.4 is 15.6 Å². The fraction of sp³-hybridized carbons (Fsp3) is 0.379. The van der Waals surface area contributed by atoms with E-state index in [0.717, 1.165) is 6.04 Å². The molecule has 7 heteroatoms. The van der Waals surface area contributed by atoms with Crippen LogP contribution >= 0.6 is 0 Å². The first kappa shape index (κ1) is 28.7. The number of rotatable bonds is 14. The standard InChI is InChI=1S/C29H42O4Si3/c1-7-30-35(31-8-2,32-9-3)25-26(4)34(5,6)33-36(27-19-13-10-14-20-27,28-21-15-11-16-22-28)29-23-17-12-18-24-29/h10-24,26H,7-9,25H2,1-6H3. The molecule has 0 radical (unpaired) electrons. The third kappa shape index (κ3) is 6.52. The average molecular weight is 539 g/mol. The van der Waals surface area contributed by atoms with Crippen molar-refractivity contribution < 1.29 is 17.4 Å². The average Bonchev–Trinajstić information content (AvgIpc) is 2.89. The van der Waals surface area contributed by atoms with Crippen LogP contribution in [-0.2, 0) is 17.4 Å². The van der Waals surface area contributed by atoms with Gasteiger partial charge in [-0.25, -0.2) is 0 Å². The molecule has 194 valence electrons. The SMILES string of the molecule is CCO[Si](CC(C)[Si](C)(C)O[Si](c1ccccc1)(c1ccccc1)c1ccccc1)(OCC)OCC. The molecule has 3 aromatic carbocycles. The lowest BCUT2D eigenvalue weighted by Crippen LogP contribution is -2.73. The molecule has 1 atom stereocenters. The smallest absolute Gasteiger partial charge is 0.446 e. The molecule has 3 rings (SSSR count). The van der Waals surface area contributed by atoms with E-state index in [1.807, 2.05) is 20.8 Å². The monoisotopic (exact) mass is 538 g/mol. The van der Waals surface area contributed by atoms with E-state index in [0.29, 0.717) is 19.8 Å². The largest absolute Gasteiger partial charge is 0.500 e. The van der Waals surface area contributed by atoms with E-state index in [1.165, 1.54) is 15.6 Å². The second-order valence-corrected chi connectivity index (χ2v) is 20.3. The van der Waals surface area contributed by atoms with Crippen molar-refractivity contribution in [3.8, 4) is 0 Å². The molecular weight excluding hydrogens is 497 g/mol. The molecule has 0 saturated carbocycles. The molecule has 0 N–H and O–H groups in total. The Morgan fingerprint density at radius 2 is 0.917 bits per heavy atom. The minimum atomic E-state index is -2.81. The molecule has 0 aliphatic heterocycles. The topological polar surface area (TPSA) is 36.9 Å². The van der Waals surface area contributed by atoms with Crippen LogP contribution in [-0.4, -0.2) is 45.3 Å². The summed E-state index contributed by atoms with van der Waals surface area (Å²) in [6, 6.07) is 33.2. The molecule has 0 aliphatic carbocycles. The Kier molecular flexibility index (Phi) is 10.4. The summed E-state index contributed by atoms with van der Waals surface area (Å²) in [4.78, 5) is 0. The van der Waals surface area contributed by atoms with E-state index < -0.39 is 25.4 Å². The Hall–Kier alpha value is -1.85. The van der Waals surface area contributed by atoms with Crippen molar-refractivity contribution >= 4 is 41.0 Å². The summed E-state index contributed by atoms with van der Waals surface area (Å²) in [6.45, 7) is 14.8. The third-order valence-electron chi connectivity index (χ3n) is 6.79. The zero-order valence-corrected chi connectivity index (χ0v) is 25.7. The van der Waals surface area contributed by atoms with E-state index in [2.05, 4.69) is 111 Å². The van der Waals surface area contributed by atoms with Gasteiger partial charge in [-0.2, -0.15) is 0 Å². The molecule has 0 heterocycles. The first-order valence-corrected chi connectivity index (χ1v) is 19.9. The zero-order chi connectivity index (χ0) is 26.1. The minimum Gasteiger partial charge on any atom is -0.446 e. The quantitative estimate of drug-likeness (QED) is 0.206. The summed E-state index contributed by atoms with van der Waals surface area (Å²) in [5.41, 5.74) is 0.261. The summed E-state index contributed by atoms with van der Waals surface area (Å²) in [6.07, 6.45) is 0. The maximum Gasteiger partial charge on any atom is 0.500 e. The third-order valence-corrected chi connectivity index (χ3v) is 19.8. The van der Waals surface area contributed by atoms with E-state index in [4.69, 9.17) is 17.4 Å². The molecule has 0 bridgehead atoms. The highest BCUT2D eigenvalue weighted by atomic mass is 28.4. The van der Waals surface area contributed by atoms with Crippen LogP contribution in [0.3, 0.4) is 0 Å². The van der Waals surface area contributed by atoms with Crippen molar-refractivity contribution in [2.24, 2.45) is 0 Å². The maximum absolute atomic E-state index is 7.66. The maximum atomic E-state index is 7.66. The van der Waals surface area contributed by atoms with Gasteiger partial charge in [0, 0.05) is 25.9 Å². The molecular formula is C29H42O4Si3. The van der Waals surface area contributed by atoms with Gasteiger partial charge in [0.2, 0.25) is 0 Å². The van der Waals surface area contributed by atoms with Gasteiger partial charge in [0.25, 0.3) is 8.32 Å². The van der Waals surface area contributed by atoms with E-state index in [9.17, 15) is 0 Å². The van der Waals surface area contributed by atoms with Crippen molar-refractivity contribution in [3.63, 3.8) is 0 Å². The van der Waals surface area contributed by atoms with E-state index in [1.54, 1.807) is 0 Å². The molecule has 4 nitrogen and oxygen atoms in total. The second kappa shape index (κ2) is 13.1. The molecule has 1 unspecified atom stereocenters. The van der Waals surface area contributed by atoms with E-state index in [-0.39, 0.29) is 5.54 Å². The second-order valence-electron chi connectivity index (χ2n) is 9.57. The zero-order valence-electron chi connectivity index (χ0n) is 22.7. The molecule has 0 fully saturated rings. The van der Waals surface area contributed by atoms with Crippen molar-refractivity contribution in [1.29, 1.82) is 0 Å². The van der Waals surface area contributed by atoms with Crippen LogP contribution in [0.4, 0.5) is 0 Å². The Morgan fingerprint density at radius 1 is 0.583 bits per heavy atom. The number of hydrogen-bond acceptors (Lipinski definition) is 4. The lowest BCUT2D eigenvalue weighted by Gasteiger charge is -2.43. The minimum absolute atomic E-state index is 0.261. The van der Waals surface area contributed by atoms with Gasteiger partial charge in [0.15, 0.2) is 8.32 Å². The molecule has 0 aromatic heterocycles. The molecule has 3 aromatic rings. The highest BCUT2D eigenvalue weighted by Crippen LogP contribution is 2.35.